The third-order valence-corrected chi connectivity index (χ3v) is 3.15. The Balaban J connectivity index is 2.00. The van der Waals surface area contributed by atoms with E-state index in [0.717, 1.165) is 0 Å². The summed E-state index contributed by atoms with van der Waals surface area (Å²) in [4.78, 5) is 12.0. The predicted octanol–water partition coefficient (Wildman–Crippen LogP) is 3.13. The number of ether oxygens (including phenoxy) is 2. The molecule has 1 aromatic carbocycles. The van der Waals surface area contributed by atoms with E-state index in [9.17, 15) is 4.79 Å². The summed E-state index contributed by atoms with van der Waals surface area (Å²) in [6.07, 6.45) is 3.24. The molecule has 2 N–H and O–H groups in total. The Morgan fingerprint density at radius 2 is 2.17 bits per heavy atom. The fraction of sp³-hybridized carbons (Fsp3) is 0.333. The molecule has 0 aliphatic heterocycles. The summed E-state index contributed by atoms with van der Waals surface area (Å²) in [6, 6.07) is 4.74. The topological polar surface area (TPSA) is 77.4 Å². The number of halogens is 1. The second-order valence-corrected chi connectivity index (χ2v) is 5.05. The largest absolute Gasteiger partial charge is 0.487 e. The Kier molecular flexibility index (Phi) is 6.25. The van der Waals surface area contributed by atoms with E-state index in [-0.39, 0.29) is 0 Å². The highest BCUT2D eigenvalue weighted by Crippen LogP contribution is 2.33. The highest BCUT2D eigenvalue weighted by molar-refractivity contribution is 6.32. The molecule has 0 bridgehead atoms. The fourth-order valence-electron chi connectivity index (χ4n) is 1.87. The molecule has 0 aliphatic rings. The van der Waals surface area contributed by atoms with Crippen molar-refractivity contribution < 1.29 is 14.3 Å². The van der Waals surface area contributed by atoms with E-state index in [2.05, 4.69) is 15.7 Å². The van der Waals surface area contributed by atoms with Gasteiger partial charge in [0.1, 0.15) is 6.61 Å². The fourth-order valence-corrected chi connectivity index (χ4v) is 2.10. The number of urea groups is 1. The zero-order chi connectivity index (χ0) is 16.7. The molecule has 2 amide bonds. The van der Waals surface area contributed by atoms with Gasteiger partial charge in [0.25, 0.3) is 0 Å². The molecule has 23 heavy (non-hydrogen) atoms. The molecule has 1 heterocycles. The lowest BCUT2D eigenvalue weighted by molar-refractivity contribution is 0.110. The summed E-state index contributed by atoms with van der Waals surface area (Å²) in [5.74, 6) is 0.412. The van der Waals surface area contributed by atoms with Crippen molar-refractivity contribution in [2.45, 2.75) is 6.92 Å². The first-order valence-electron chi connectivity index (χ1n) is 7.16. The van der Waals surface area contributed by atoms with Crippen molar-refractivity contribution in [1.82, 2.24) is 9.78 Å². The van der Waals surface area contributed by atoms with Crippen LogP contribution in [-0.4, -0.2) is 35.6 Å². The van der Waals surface area contributed by atoms with Crippen LogP contribution in [0.4, 0.5) is 16.2 Å². The first-order valence-corrected chi connectivity index (χ1v) is 7.53. The van der Waals surface area contributed by atoms with E-state index >= 15 is 0 Å². The molecule has 124 valence electrons. The molecule has 8 heteroatoms. The number of amides is 2. The molecule has 0 unspecified atom stereocenters. The van der Waals surface area contributed by atoms with E-state index in [1.54, 1.807) is 42.3 Å². The highest BCUT2D eigenvalue weighted by Gasteiger charge is 2.12. The van der Waals surface area contributed by atoms with Gasteiger partial charge in [-0.2, -0.15) is 5.10 Å². The summed E-state index contributed by atoms with van der Waals surface area (Å²) >= 11 is 6.14. The summed E-state index contributed by atoms with van der Waals surface area (Å²) < 4.78 is 12.4. The van der Waals surface area contributed by atoms with Gasteiger partial charge in [0.2, 0.25) is 0 Å². The monoisotopic (exact) mass is 338 g/mol. The minimum Gasteiger partial charge on any atom is -0.487 e. The number of rotatable bonds is 7. The van der Waals surface area contributed by atoms with Crippen molar-refractivity contribution >= 4 is 29.0 Å². The Hall–Kier alpha value is -2.25. The van der Waals surface area contributed by atoms with Gasteiger partial charge in [0.05, 0.1) is 29.2 Å². The number of para-hydroxylation sites is 1. The lowest BCUT2D eigenvalue weighted by Crippen LogP contribution is -2.20. The summed E-state index contributed by atoms with van der Waals surface area (Å²) in [7, 11) is 1.77. The molecular weight excluding hydrogens is 320 g/mol. The van der Waals surface area contributed by atoms with Gasteiger partial charge >= 0.3 is 6.03 Å². The van der Waals surface area contributed by atoms with Crippen molar-refractivity contribution in [2.75, 3.05) is 30.5 Å². The molecule has 0 saturated heterocycles. The van der Waals surface area contributed by atoms with Crippen molar-refractivity contribution in [3.63, 3.8) is 0 Å². The minimum absolute atomic E-state index is 0.344. The van der Waals surface area contributed by atoms with Crippen LogP contribution < -0.4 is 15.4 Å². The second-order valence-electron chi connectivity index (χ2n) is 4.64. The molecule has 0 saturated carbocycles. The number of aryl methyl sites for hydroxylation is 1. The quantitative estimate of drug-likeness (QED) is 0.760. The van der Waals surface area contributed by atoms with Gasteiger partial charge in [0.15, 0.2) is 5.75 Å². The SMILES string of the molecule is CCOCCOc1c(Cl)cccc1NC(=O)Nc1cnn(C)c1. The van der Waals surface area contributed by atoms with E-state index in [4.69, 9.17) is 21.1 Å². The van der Waals surface area contributed by atoms with E-state index < -0.39 is 6.03 Å². The number of carbonyl (C=O) groups is 1. The highest BCUT2D eigenvalue weighted by atomic mass is 35.5. The Morgan fingerprint density at radius 3 is 2.87 bits per heavy atom. The molecule has 7 nitrogen and oxygen atoms in total. The van der Waals surface area contributed by atoms with E-state index in [0.29, 0.717) is 42.0 Å². The van der Waals surface area contributed by atoms with Gasteiger partial charge in [-0.05, 0) is 19.1 Å². The molecule has 0 fully saturated rings. The van der Waals surface area contributed by atoms with Gasteiger partial charge in [-0.25, -0.2) is 4.79 Å². The molecule has 2 rings (SSSR count). The van der Waals surface area contributed by atoms with Crippen LogP contribution in [0.5, 0.6) is 5.75 Å². The third kappa shape index (κ3) is 5.15. The lowest BCUT2D eigenvalue weighted by atomic mass is 10.3. The molecular formula is C15H19ClN4O3. The average Bonchev–Trinajstić information content (AvgIpc) is 2.91. The number of carbonyl (C=O) groups excluding carboxylic acids is 1. The van der Waals surface area contributed by atoms with Crippen LogP contribution in [0.25, 0.3) is 0 Å². The third-order valence-electron chi connectivity index (χ3n) is 2.86. The summed E-state index contributed by atoms with van der Waals surface area (Å²) in [6.45, 7) is 3.31. The molecule has 2 aromatic rings. The maximum Gasteiger partial charge on any atom is 0.323 e. The van der Waals surface area contributed by atoms with Crippen LogP contribution in [0.3, 0.4) is 0 Å². The van der Waals surface area contributed by atoms with Gasteiger partial charge in [0, 0.05) is 19.9 Å². The Bertz CT molecular complexity index is 660. The van der Waals surface area contributed by atoms with Gasteiger partial charge in [-0.15, -0.1) is 0 Å². The average molecular weight is 339 g/mol. The predicted molar refractivity (Wildman–Crippen MR) is 89.3 cm³/mol. The number of nitrogens with one attached hydrogen (secondary N) is 2. The van der Waals surface area contributed by atoms with Gasteiger partial charge < -0.3 is 20.1 Å². The Morgan fingerprint density at radius 1 is 1.35 bits per heavy atom. The van der Waals surface area contributed by atoms with E-state index in [1.165, 1.54) is 0 Å². The summed E-state index contributed by atoms with van der Waals surface area (Å²) in [5, 5.41) is 9.79. The van der Waals surface area contributed by atoms with Crippen LogP contribution >= 0.6 is 11.6 Å². The second kappa shape index (κ2) is 8.40. The molecule has 1 aromatic heterocycles. The van der Waals surface area contributed by atoms with Crippen molar-refractivity contribution in [3.05, 3.63) is 35.6 Å². The molecule has 0 atom stereocenters. The molecule has 0 spiro atoms. The number of anilines is 2. The Labute approximate surface area is 139 Å². The van der Waals surface area contributed by atoms with Gasteiger partial charge in [-0.3, -0.25) is 4.68 Å². The smallest absolute Gasteiger partial charge is 0.323 e. The van der Waals surface area contributed by atoms with Crippen LogP contribution in [0.2, 0.25) is 5.02 Å². The number of hydrogen-bond donors (Lipinski definition) is 2. The standard InChI is InChI=1S/C15H19ClN4O3/c1-3-22-7-8-23-14-12(16)5-4-6-13(14)19-15(21)18-11-9-17-20(2)10-11/h4-6,9-10H,3,7-8H2,1-2H3,(H2,18,19,21). The maximum absolute atomic E-state index is 12.0. The van der Waals surface area contributed by atoms with E-state index in [1.807, 2.05) is 6.92 Å². The number of benzene rings is 1. The van der Waals surface area contributed by atoms with Crippen LogP contribution in [0.15, 0.2) is 30.6 Å². The van der Waals surface area contributed by atoms with Crippen molar-refractivity contribution in [3.8, 4) is 5.75 Å². The summed E-state index contributed by atoms with van der Waals surface area (Å²) in [5.41, 5.74) is 1.07. The lowest BCUT2D eigenvalue weighted by Gasteiger charge is -2.14. The number of aromatic nitrogens is 2. The zero-order valence-electron chi connectivity index (χ0n) is 13.0. The number of hydrogen-bond acceptors (Lipinski definition) is 4. The maximum atomic E-state index is 12.0. The van der Waals surface area contributed by atoms with Crippen molar-refractivity contribution in [1.29, 1.82) is 0 Å². The normalized spacial score (nSPS) is 10.4. The number of nitrogens with zero attached hydrogens (tertiary/aromatic N) is 2. The first kappa shape index (κ1) is 17.1. The molecule has 0 radical (unpaired) electrons. The minimum atomic E-state index is -0.407. The van der Waals surface area contributed by atoms with Crippen molar-refractivity contribution in [2.24, 2.45) is 7.05 Å². The van der Waals surface area contributed by atoms with Crippen LogP contribution in [0.1, 0.15) is 6.92 Å². The van der Waals surface area contributed by atoms with Gasteiger partial charge in [-0.1, -0.05) is 17.7 Å². The van der Waals surface area contributed by atoms with Crippen LogP contribution in [0, 0.1) is 0 Å². The zero-order valence-corrected chi connectivity index (χ0v) is 13.8. The molecule has 0 aliphatic carbocycles. The first-order chi connectivity index (χ1) is 11.1. The van der Waals surface area contributed by atoms with Crippen LogP contribution in [-0.2, 0) is 11.8 Å².